The number of halogens is 3. The summed E-state index contributed by atoms with van der Waals surface area (Å²) in [6.45, 7) is 1.87. The Morgan fingerprint density at radius 1 is 0.947 bits per heavy atom. The van der Waals surface area contributed by atoms with Crippen molar-refractivity contribution in [3.05, 3.63) is 70.8 Å². The minimum atomic E-state index is -4.44. The van der Waals surface area contributed by atoms with Gasteiger partial charge in [0.1, 0.15) is 0 Å². The molecule has 0 atom stereocenters. The Hall–Kier alpha value is -2.10. The second-order valence-electron chi connectivity index (χ2n) is 4.27. The normalized spacial score (nSPS) is 11.4. The molecule has 0 aromatic heterocycles. The van der Waals surface area contributed by atoms with Crippen LogP contribution < -0.4 is 0 Å². The van der Waals surface area contributed by atoms with Gasteiger partial charge in [0, 0.05) is 11.1 Å². The van der Waals surface area contributed by atoms with Crippen LogP contribution in [0.2, 0.25) is 0 Å². The highest BCUT2D eigenvalue weighted by atomic mass is 19.4. The molecule has 98 valence electrons. The van der Waals surface area contributed by atoms with Gasteiger partial charge in [0.05, 0.1) is 5.56 Å². The molecule has 1 nitrogen and oxygen atoms in total. The van der Waals surface area contributed by atoms with E-state index >= 15 is 0 Å². The molecule has 2 aromatic carbocycles. The predicted octanol–water partition coefficient (Wildman–Crippen LogP) is 4.24. The Bertz CT molecular complexity index is 598. The first-order valence-electron chi connectivity index (χ1n) is 5.66. The van der Waals surface area contributed by atoms with Crippen molar-refractivity contribution in [3.8, 4) is 0 Å². The molecule has 0 saturated heterocycles. The Balaban J connectivity index is 2.37. The quantitative estimate of drug-likeness (QED) is 0.741. The van der Waals surface area contributed by atoms with Crippen molar-refractivity contribution in [2.75, 3.05) is 0 Å². The van der Waals surface area contributed by atoms with Crippen molar-refractivity contribution in [2.45, 2.75) is 13.1 Å². The maximum Gasteiger partial charge on any atom is 0.416 e. The zero-order chi connectivity index (χ0) is 14.0. The lowest BCUT2D eigenvalue weighted by Crippen LogP contribution is -2.08. The molecule has 0 amide bonds. The SMILES string of the molecule is Cc1ccc(C(=O)c2cccc(C(F)(F)F)c2)cc1. The van der Waals surface area contributed by atoms with E-state index in [2.05, 4.69) is 0 Å². The number of rotatable bonds is 2. The highest BCUT2D eigenvalue weighted by Crippen LogP contribution is 2.29. The fraction of sp³-hybridized carbons (Fsp3) is 0.133. The van der Waals surface area contributed by atoms with Crippen molar-refractivity contribution in [3.63, 3.8) is 0 Å². The standard InChI is InChI=1S/C15H11F3O/c1-10-5-7-11(8-6-10)14(19)12-3-2-4-13(9-12)15(16,17)18/h2-9H,1H3. The summed E-state index contributed by atoms with van der Waals surface area (Å²) < 4.78 is 37.7. The van der Waals surface area contributed by atoms with Crippen LogP contribution in [0.3, 0.4) is 0 Å². The first kappa shape index (κ1) is 13.3. The molecule has 0 saturated carbocycles. The highest BCUT2D eigenvalue weighted by molar-refractivity contribution is 6.09. The molecular weight excluding hydrogens is 253 g/mol. The molecule has 0 aliphatic carbocycles. The van der Waals surface area contributed by atoms with Gasteiger partial charge in [-0.3, -0.25) is 4.79 Å². The fourth-order valence-electron chi connectivity index (χ4n) is 1.71. The number of hydrogen-bond donors (Lipinski definition) is 0. The summed E-state index contributed by atoms with van der Waals surface area (Å²) in [5, 5.41) is 0. The molecule has 2 aromatic rings. The van der Waals surface area contributed by atoms with Crippen LogP contribution in [-0.2, 0) is 6.18 Å². The molecule has 0 fully saturated rings. The van der Waals surface area contributed by atoms with Crippen molar-refractivity contribution < 1.29 is 18.0 Å². The number of benzene rings is 2. The van der Waals surface area contributed by atoms with Gasteiger partial charge in [0.25, 0.3) is 0 Å². The van der Waals surface area contributed by atoms with Gasteiger partial charge >= 0.3 is 6.18 Å². The average Bonchev–Trinajstić information content (AvgIpc) is 2.38. The summed E-state index contributed by atoms with van der Waals surface area (Å²) in [5.74, 6) is -0.411. The molecule has 0 heterocycles. The van der Waals surface area contributed by atoms with E-state index in [1.54, 1.807) is 24.3 Å². The van der Waals surface area contributed by atoms with Gasteiger partial charge in [-0.15, -0.1) is 0 Å². The van der Waals surface area contributed by atoms with Gasteiger partial charge in [0.15, 0.2) is 5.78 Å². The van der Waals surface area contributed by atoms with Crippen LogP contribution in [0.25, 0.3) is 0 Å². The summed E-state index contributed by atoms with van der Waals surface area (Å²) in [5.41, 5.74) is 0.592. The molecule has 0 N–H and O–H groups in total. The third-order valence-electron chi connectivity index (χ3n) is 2.77. The lowest BCUT2D eigenvalue weighted by atomic mass is 10.0. The maximum absolute atomic E-state index is 12.6. The topological polar surface area (TPSA) is 17.1 Å². The van der Waals surface area contributed by atoms with Crippen LogP contribution in [0.1, 0.15) is 27.0 Å². The lowest BCUT2D eigenvalue weighted by Gasteiger charge is -2.08. The minimum Gasteiger partial charge on any atom is -0.289 e. The van der Waals surface area contributed by atoms with Crippen LogP contribution in [-0.4, -0.2) is 5.78 Å². The monoisotopic (exact) mass is 264 g/mol. The minimum absolute atomic E-state index is 0.0404. The lowest BCUT2D eigenvalue weighted by molar-refractivity contribution is -0.137. The molecule has 0 bridgehead atoms. The Morgan fingerprint density at radius 2 is 1.58 bits per heavy atom. The van der Waals surface area contributed by atoms with Gasteiger partial charge in [-0.25, -0.2) is 0 Å². The molecule has 19 heavy (non-hydrogen) atoms. The first-order valence-corrected chi connectivity index (χ1v) is 5.66. The fourth-order valence-corrected chi connectivity index (χ4v) is 1.71. The van der Waals surface area contributed by atoms with Crippen LogP contribution in [0.4, 0.5) is 13.2 Å². The van der Waals surface area contributed by atoms with E-state index < -0.39 is 17.5 Å². The number of carbonyl (C=O) groups excluding carboxylic acids is 1. The van der Waals surface area contributed by atoms with E-state index in [1.807, 2.05) is 6.92 Å². The van der Waals surface area contributed by atoms with Crippen LogP contribution in [0.5, 0.6) is 0 Å². The largest absolute Gasteiger partial charge is 0.416 e. The maximum atomic E-state index is 12.6. The third kappa shape index (κ3) is 3.02. The molecule has 0 spiro atoms. The molecular formula is C15H11F3O. The molecule has 2 rings (SSSR count). The second kappa shape index (κ2) is 4.88. The molecule has 0 unspecified atom stereocenters. The van der Waals surface area contributed by atoms with Crippen LogP contribution in [0.15, 0.2) is 48.5 Å². The van der Waals surface area contributed by atoms with Gasteiger partial charge < -0.3 is 0 Å². The van der Waals surface area contributed by atoms with Crippen molar-refractivity contribution in [1.82, 2.24) is 0 Å². The van der Waals surface area contributed by atoms with Gasteiger partial charge in [-0.2, -0.15) is 13.2 Å². The van der Waals surface area contributed by atoms with E-state index in [1.165, 1.54) is 12.1 Å². The highest BCUT2D eigenvalue weighted by Gasteiger charge is 2.30. The Kier molecular flexibility index (Phi) is 3.42. The van der Waals surface area contributed by atoms with Crippen LogP contribution >= 0.6 is 0 Å². The van der Waals surface area contributed by atoms with Crippen molar-refractivity contribution in [1.29, 1.82) is 0 Å². The van der Waals surface area contributed by atoms with E-state index in [0.29, 0.717) is 5.56 Å². The van der Waals surface area contributed by atoms with Crippen LogP contribution in [0, 0.1) is 6.92 Å². The number of alkyl halides is 3. The molecule has 4 heteroatoms. The first-order chi connectivity index (χ1) is 8.88. The van der Waals surface area contributed by atoms with Crippen molar-refractivity contribution >= 4 is 5.78 Å². The summed E-state index contributed by atoms with van der Waals surface area (Å²) in [6.07, 6.45) is -4.44. The zero-order valence-corrected chi connectivity index (χ0v) is 10.2. The number of ketones is 1. The molecule has 0 aliphatic rings. The van der Waals surface area contributed by atoms with E-state index in [0.717, 1.165) is 17.7 Å². The Labute approximate surface area is 108 Å². The number of hydrogen-bond acceptors (Lipinski definition) is 1. The number of carbonyl (C=O) groups is 1. The smallest absolute Gasteiger partial charge is 0.289 e. The summed E-state index contributed by atoms with van der Waals surface area (Å²) in [4.78, 5) is 12.1. The summed E-state index contributed by atoms with van der Waals surface area (Å²) in [6, 6.07) is 11.2. The average molecular weight is 264 g/mol. The second-order valence-corrected chi connectivity index (χ2v) is 4.27. The predicted molar refractivity (Wildman–Crippen MR) is 66.1 cm³/mol. The third-order valence-corrected chi connectivity index (χ3v) is 2.77. The van der Waals surface area contributed by atoms with Gasteiger partial charge in [-0.05, 0) is 19.1 Å². The molecule has 0 radical (unpaired) electrons. The van der Waals surface area contributed by atoms with E-state index in [4.69, 9.17) is 0 Å². The van der Waals surface area contributed by atoms with Gasteiger partial charge in [-0.1, -0.05) is 42.0 Å². The Morgan fingerprint density at radius 3 is 2.16 bits per heavy atom. The summed E-state index contributed by atoms with van der Waals surface area (Å²) >= 11 is 0. The van der Waals surface area contributed by atoms with Gasteiger partial charge in [0.2, 0.25) is 0 Å². The number of aryl methyl sites for hydroxylation is 1. The zero-order valence-electron chi connectivity index (χ0n) is 10.2. The van der Waals surface area contributed by atoms with Crippen molar-refractivity contribution in [2.24, 2.45) is 0 Å². The summed E-state index contributed by atoms with van der Waals surface area (Å²) in [7, 11) is 0. The van der Waals surface area contributed by atoms with E-state index in [9.17, 15) is 18.0 Å². The molecule has 0 aliphatic heterocycles. The van der Waals surface area contributed by atoms with E-state index in [-0.39, 0.29) is 5.56 Å².